The van der Waals surface area contributed by atoms with E-state index in [0.29, 0.717) is 12.1 Å². The van der Waals surface area contributed by atoms with E-state index in [1.54, 1.807) is 17.0 Å². The van der Waals surface area contributed by atoms with Gasteiger partial charge in [-0.05, 0) is 72.8 Å². The molecule has 45 heavy (non-hydrogen) atoms. The molecule has 1 heterocycles. The topological polar surface area (TPSA) is 94.1 Å². The fourth-order valence-corrected chi connectivity index (χ4v) is 5.51. The number of nitrogens with one attached hydrogen (secondary N) is 2. The molecular weight excluding hydrogens is 564 g/mol. The lowest BCUT2D eigenvalue weighted by Gasteiger charge is -2.32. The number of hydrogen-bond acceptors (Lipinski definition) is 6. The average Bonchev–Trinajstić information content (AvgIpc) is 3.07. The van der Waals surface area contributed by atoms with Crippen LogP contribution in [0.1, 0.15) is 34.3 Å². The standard InChI is InChI=1S/C37H42N4O4/c1-40(36(43)31-15-11-29(12-16-31)27-38-22-19-28-13-17-32(42)18-14-28)25-26-41-23-20-33(21-24-41)45-37(44)39-35-10-6-5-9-34(35)30-7-3-2-4-8-30/h2-18,33,38,42H,19-27H2,1H3,(H,39,44). The lowest BCUT2D eigenvalue weighted by Crippen LogP contribution is -2.42. The summed E-state index contributed by atoms with van der Waals surface area (Å²) < 4.78 is 5.77. The van der Waals surface area contributed by atoms with Gasteiger partial charge in [0, 0.05) is 50.9 Å². The van der Waals surface area contributed by atoms with E-state index in [9.17, 15) is 14.7 Å². The van der Waals surface area contributed by atoms with Crippen LogP contribution in [0.3, 0.4) is 0 Å². The lowest BCUT2D eigenvalue weighted by atomic mass is 10.0. The van der Waals surface area contributed by atoms with Gasteiger partial charge in [-0.15, -0.1) is 0 Å². The van der Waals surface area contributed by atoms with Gasteiger partial charge < -0.3 is 25.0 Å². The normalized spacial score (nSPS) is 13.7. The van der Waals surface area contributed by atoms with Crippen LogP contribution in [0.25, 0.3) is 11.1 Å². The highest BCUT2D eigenvalue weighted by molar-refractivity contribution is 5.94. The zero-order chi connectivity index (χ0) is 31.4. The summed E-state index contributed by atoms with van der Waals surface area (Å²) in [5, 5.41) is 15.8. The van der Waals surface area contributed by atoms with E-state index >= 15 is 0 Å². The Bertz CT molecular complexity index is 1520. The van der Waals surface area contributed by atoms with Crippen LogP contribution < -0.4 is 10.6 Å². The third-order valence-corrected chi connectivity index (χ3v) is 8.21. The Kier molecular flexibility index (Phi) is 11.2. The highest BCUT2D eigenvalue weighted by Crippen LogP contribution is 2.28. The summed E-state index contributed by atoms with van der Waals surface area (Å²) in [6, 6.07) is 32.7. The number of amides is 2. The van der Waals surface area contributed by atoms with E-state index in [1.165, 1.54) is 5.56 Å². The highest BCUT2D eigenvalue weighted by Gasteiger charge is 2.23. The van der Waals surface area contributed by atoms with Crippen LogP contribution in [0.2, 0.25) is 0 Å². The number of aromatic hydroxyl groups is 1. The summed E-state index contributed by atoms with van der Waals surface area (Å²) in [6.07, 6.45) is 1.83. The number of piperidine rings is 1. The molecule has 1 fully saturated rings. The fourth-order valence-electron chi connectivity index (χ4n) is 5.51. The van der Waals surface area contributed by atoms with E-state index in [1.807, 2.05) is 98.0 Å². The number of benzene rings is 4. The second kappa shape index (κ2) is 15.9. The smallest absolute Gasteiger partial charge is 0.411 e. The summed E-state index contributed by atoms with van der Waals surface area (Å²) in [7, 11) is 1.84. The Morgan fingerprint density at radius 2 is 1.53 bits per heavy atom. The van der Waals surface area contributed by atoms with E-state index in [-0.39, 0.29) is 17.8 Å². The average molecular weight is 607 g/mol. The van der Waals surface area contributed by atoms with Crippen molar-refractivity contribution in [2.24, 2.45) is 0 Å². The first kappa shape index (κ1) is 31.8. The second-order valence-corrected chi connectivity index (χ2v) is 11.5. The maximum absolute atomic E-state index is 13.0. The first-order valence-corrected chi connectivity index (χ1v) is 15.6. The molecule has 0 aliphatic carbocycles. The largest absolute Gasteiger partial charge is 0.508 e. The molecule has 1 saturated heterocycles. The molecule has 0 radical (unpaired) electrons. The van der Waals surface area contributed by atoms with E-state index in [4.69, 9.17) is 4.74 Å². The quantitative estimate of drug-likeness (QED) is 0.167. The molecular formula is C37H42N4O4. The van der Waals surface area contributed by atoms with Crippen LogP contribution in [0.4, 0.5) is 10.5 Å². The van der Waals surface area contributed by atoms with Crippen molar-refractivity contribution in [3.63, 3.8) is 0 Å². The Balaban J connectivity index is 0.991. The molecule has 0 atom stereocenters. The molecule has 0 bridgehead atoms. The predicted molar refractivity (Wildman–Crippen MR) is 178 cm³/mol. The monoisotopic (exact) mass is 606 g/mol. The van der Waals surface area contributed by atoms with Crippen molar-refractivity contribution in [2.45, 2.75) is 31.9 Å². The molecule has 5 rings (SSSR count). The molecule has 1 aliphatic rings. The van der Waals surface area contributed by atoms with E-state index in [2.05, 4.69) is 15.5 Å². The summed E-state index contributed by atoms with van der Waals surface area (Å²) in [4.78, 5) is 29.8. The Hall–Kier alpha value is -4.66. The molecule has 0 spiro atoms. The summed E-state index contributed by atoms with van der Waals surface area (Å²) >= 11 is 0. The molecule has 3 N–H and O–H groups in total. The van der Waals surface area contributed by atoms with Crippen molar-refractivity contribution in [2.75, 3.05) is 45.1 Å². The molecule has 0 saturated carbocycles. The third-order valence-electron chi connectivity index (χ3n) is 8.21. The number of nitrogens with zero attached hydrogens (tertiary/aromatic N) is 2. The van der Waals surface area contributed by atoms with Gasteiger partial charge in [0.15, 0.2) is 0 Å². The Morgan fingerprint density at radius 3 is 2.27 bits per heavy atom. The van der Waals surface area contributed by atoms with Crippen LogP contribution in [-0.2, 0) is 17.7 Å². The first-order chi connectivity index (χ1) is 21.9. The molecule has 234 valence electrons. The van der Waals surface area contributed by atoms with Crippen LogP contribution in [-0.4, -0.2) is 72.8 Å². The van der Waals surface area contributed by atoms with Gasteiger partial charge in [-0.25, -0.2) is 4.79 Å². The minimum atomic E-state index is -0.432. The van der Waals surface area contributed by atoms with Crippen LogP contribution >= 0.6 is 0 Å². The SMILES string of the molecule is CN(CCN1CCC(OC(=O)Nc2ccccc2-c2ccccc2)CC1)C(=O)c1ccc(CNCCc2ccc(O)cc2)cc1. The van der Waals surface area contributed by atoms with Crippen molar-refractivity contribution in [1.29, 1.82) is 0 Å². The number of ether oxygens (including phenoxy) is 1. The van der Waals surface area contributed by atoms with Gasteiger partial charge in [0.25, 0.3) is 5.91 Å². The molecule has 0 aromatic heterocycles. The highest BCUT2D eigenvalue weighted by atomic mass is 16.6. The molecule has 4 aromatic carbocycles. The van der Waals surface area contributed by atoms with Gasteiger partial charge in [0.1, 0.15) is 11.9 Å². The Morgan fingerprint density at radius 1 is 0.867 bits per heavy atom. The number of rotatable bonds is 12. The molecule has 0 unspecified atom stereocenters. The van der Waals surface area contributed by atoms with Gasteiger partial charge in [-0.1, -0.05) is 72.8 Å². The molecule has 8 heteroatoms. The molecule has 1 aliphatic heterocycles. The van der Waals surface area contributed by atoms with Crippen LogP contribution in [0.15, 0.2) is 103 Å². The molecule has 2 amide bonds. The van der Waals surface area contributed by atoms with E-state index < -0.39 is 6.09 Å². The van der Waals surface area contributed by atoms with Crippen molar-refractivity contribution in [1.82, 2.24) is 15.1 Å². The zero-order valence-electron chi connectivity index (χ0n) is 25.8. The van der Waals surface area contributed by atoms with Crippen molar-refractivity contribution < 1.29 is 19.4 Å². The number of carbonyl (C=O) groups is 2. The van der Waals surface area contributed by atoms with Gasteiger partial charge in [-0.3, -0.25) is 10.1 Å². The molecule has 8 nitrogen and oxygen atoms in total. The maximum Gasteiger partial charge on any atom is 0.411 e. The number of para-hydroxylation sites is 1. The van der Waals surface area contributed by atoms with Gasteiger partial charge in [0.05, 0.1) is 5.69 Å². The second-order valence-electron chi connectivity index (χ2n) is 11.5. The van der Waals surface area contributed by atoms with E-state index in [0.717, 1.165) is 74.4 Å². The first-order valence-electron chi connectivity index (χ1n) is 15.6. The van der Waals surface area contributed by atoms with Crippen LogP contribution in [0.5, 0.6) is 5.75 Å². The summed E-state index contributed by atoms with van der Waals surface area (Å²) in [6.45, 7) is 4.58. The number of hydrogen-bond donors (Lipinski definition) is 3. The van der Waals surface area contributed by atoms with Crippen molar-refractivity contribution in [3.05, 3.63) is 120 Å². The summed E-state index contributed by atoms with van der Waals surface area (Å²) in [5.74, 6) is 0.287. The molecule has 4 aromatic rings. The Labute approximate surface area is 265 Å². The van der Waals surface area contributed by atoms with Crippen molar-refractivity contribution in [3.8, 4) is 16.9 Å². The number of phenols is 1. The van der Waals surface area contributed by atoms with Gasteiger partial charge in [-0.2, -0.15) is 0 Å². The van der Waals surface area contributed by atoms with Gasteiger partial charge in [0.2, 0.25) is 0 Å². The number of phenolic OH excluding ortho intramolecular Hbond substituents is 1. The van der Waals surface area contributed by atoms with Crippen molar-refractivity contribution >= 4 is 17.7 Å². The van der Waals surface area contributed by atoms with Crippen LogP contribution in [0, 0.1) is 0 Å². The zero-order valence-corrected chi connectivity index (χ0v) is 25.8. The number of carbonyl (C=O) groups excluding carboxylic acids is 2. The number of anilines is 1. The minimum Gasteiger partial charge on any atom is -0.508 e. The summed E-state index contributed by atoms with van der Waals surface area (Å²) in [5.41, 5.74) is 5.69. The minimum absolute atomic E-state index is 0.00696. The fraction of sp³-hybridized carbons (Fsp3) is 0.297. The lowest BCUT2D eigenvalue weighted by molar-refractivity contribution is 0.0540. The maximum atomic E-state index is 13.0. The number of likely N-dealkylation sites (N-methyl/N-ethyl adjacent to an activating group) is 1. The third kappa shape index (κ3) is 9.41. The van der Waals surface area contributed by atoms with Gasteiger partial charge >= 0.3 is 6.09 Å². The predicted octanol–water partition coefficient (Wildman–Crippen LogP) is 6.18. The number of likely N-dealkylation sites (tertiary alicyclic amines) is 1.